The van der Waals surface area contributed by atoms with E-state index in [0.29, 0.717) is 13.0 Å². The summed E-state index contributed by atoms with van der Waals surface area (Å²) in [6.45, 7) is 4.57. The number of carbonyl (C=O) groups excluding carboxylic acids is 2. The molecule has 2 N–H and O–H groups in total. The summed E-state index contributed by atoms with van der Waals surface area (Å²) < 4.78 is 0. The lowest BCUT2D eigenvalue weighted by Gasteiger charge is -2.37. The second-order valence-electron chi connectivity index (χ2n) is 7.48. The Labute approximate surface area is 170 Å². The molecule has 0 spiro atoms. The van der Waals surface area contributed by atoms with E-state index in [2.05, 4.69) is 5.32 Å². The maximum Gasteiger partial charge on any atom is 0.335 e. The summed E-state index contributed by atoms with van der Waals surface area (Å²) in [7, 11) is 0. The minimum absolute atomic E-state index is 0.00651. The Morgan fingerprint density at radius 2 is 1.76 bits per heavy atom. The van der Waals surface area contributed by atoms with Crippen molar-refractivity contribution in [1.29, 1.82) is 0 Å². The zero-order chi connectivity index (χ0) is 21.0. The topological polar surface area (TPSA) is 86.7 Å². The average molecular weight is 394 g/mol. The van der Waals surface area contributed by atoms with Crippen LogP contribution >= 0.6 is 0 Å². The van der Waals surface area contributed by atoms with Gasteiger partial charge in [-0.05, 0) is 35.2 Å². The molecular formula is C23H26N2O4. The van der Waals surface area contributed by atoms with Gasteiger partial charge >= 0.3 is 5.97 Å². The van der Waals surface area contributed by atoms with Crippen LogP contribution in [0.25, 0.3) is 0 Å². The monoisotopic (exact) mass is 394 g/mol. The second-order valence-corrected chi connectivity index (χ2v) is 7.48. The number of nitrogens with one attached hydrogen (secondary N) is 1. The minimum Gasteiger partial charge on any atom is -0.478 e. The molecule has 152 valence electrons. The van der Waals surface area contributed by atoms with Gasteiger partial charge in [0.2, 0.25) is 11.8 Å². The number of rotatable bonds is 6. The van der Waals surface area contributed by atoms with Gasteiger partial charge in [-0.2, -0.15) is 0 Å². The first kappa shape index (κ1) is 20.6. The maximum atomic E-state index is 13.0. The molecule has 0 bridgehead atoms. The molecule has 29 heavy (non-hydrogen) atoms. The van der Waals surface area contributed by atoms with Crippen molar-refractivity contribution in [3.63, 3.8) is 0 Å². The molecule has 0 fully saturated rings. The lowest BCUT2D eigenvalue weighted by atomic mass is 9.92. The number of hydrogen-bond acceptors (Lipinski definition) is 3. The molecule has 1 aliphatic rings. The number of hydrogen-bond donors (Lipinski definition) is 2. The van der Waals surface area contributed by atoms with Crippen LogP contribution < -0.4 is 5.32 Å². The molecule has 6 heteroatoms. The maximum absolute atomic E-state index is 13.0. The summed E-state index contributed by atoms with van der Waals surface area (Å²) >= 11 is 0. The van der Waals surface area contributed by atoms with Gasteiger partial charge in [0.1, 0.15) is 6.04 Å². The van der Waals surface area contributed by atoms with Crippen molar-refractivity contribution in [1.82, 2.24) is 10.2 Å². The molecule has 2 atom stereocenters. The highest BCUT2D eigenvalue weighted by atomic mass is 16.4. The Hall–Kier alpha value is -3.15. The smallest absolute Gasteiger partial charge is 0.335 e. The molecule has 3 rings (SSSR count). The van der Waals surface area contributed by atoms with E-state index in [-0.39, 0.29) is 29.8 Å². The van der Waals surface area contributed by atoms with Crippen LogP contribution in [0.3, 0.4) is 0 Å². The van der Waals surface area contributed by atoms with Crippen LogP contribution in [0.4, 0.5) is 0 Å². The molecule has 2 unspecified atom stereocenters. The molecule has 1 heterocycles. The summed E-state index contributed by atoms with van der Waals surface area (Å²) in [5.41, 5.74) is 3.18. The second kappa shape index (κ2) is 8.90. The Balaban J connectivity index is 1.75. The fourth-order valence-corrected chi connectivity index (χ4v) is 3.52. The van der Waals surface area contributed by atoms with Crippen molar-refractivity contribution in [3.05, 3.63) is 70.8 Å². The number of fused-ring (bicyclic) bond motifs is 1. The number of amides is 2. The highest BCUT2D eigenvalue weighted by molar-refractivity contribution is 5.89. The van der Waals surface area contributed by atoms with Crippen LogP contribution in [0.1, 0.15) is 47.3 Å². The van der Waals surface area contributed by atoms with Gasteiger partial charge in [-0.15, -0.1) is 0 Å². The van der Waals surface area contributed by atoms with Crippen molar-refractivity contribution in [2.45, 2.75) is 45.8 Å². The number of carboxylic acid groups (broad SMARTS) is 1. The highest BCUT2D eigenvalue weighted by Gasteiger charge is 2.35. The summed E-state index contributed by atoms with van der Waals surface area (Å²) in [5, 5.41) is 11.9. The van der Waals surface area contributed by atoms with Crippen LogP contribution in [0.15, 0.2) is 48.5 Å². The third kappa shape index (κ3) is 4.65. The van der Waals surface area contributed by atoms with Gasteiger partial charge in [-0.1, -0.05) is 50.2 Å². The van der Waals surface area contributed by atoms with Crippen LogP contribution in [0, 0.1) is 5.92 Å². The number of nitrogens with zero attached hydrogens (tertiary/aromatic N) is 1. The lowest BCUT2D eigenvalue weighted by molar-refractivity contribution is -0.144. The Kier molecular flexibility index (Phi) is 6.32. The first-order valence-corrected chi connectivity index (χ1v) is 9.88. The summed E-state index contributed by atoms with van der Waals surface area (Å²) in [6, 6.07) is 13.7. The molecule has 6 nitrogen and oxygen atoms in total. The summed E-state index contributed by atoms with van der Waals surface area (Å²) in [6.07, 6.45) is 1.21. The third-order valence-electron chi connectivity index (χ3n) is 5.54. The molecule has 0 radical (unpaired) electrons. The van der Waals surface area contributed by atoms with Gasteiger partial charge in [0.05, 0.1) is 5.56 Å². The Bertz CT molecular complexity index is 907. The summed E-state index contributed by atoms with van der Waals surface area (Å²) in [4.78, 5) is 38.6. The van der Waals surface area contributed by atoms with E-state index < -0.39 is 12.0 Å². The predicted octanol–water partition coefficient (Wildman–Crippen LogP) is 3.00. The molecule has 1 aliphatic heterocycles. The van der Waals surface area contributed by atoms with E-state index in [9.17, 15) is 14.4 Å². The fraction of sp³-hybridized carbons (Fsp3) is 0.348. The first-order chi connectivity index (χ1) is 13.9. The van der Waals surface area contributed by atoms with Crippen molar-refractivity contribution in [3.8, 4) is 0 Å². The molecule has 0 saturated heterocycles. The van der Waals surface area contributed by atoms with E-state index in [0.717, 1.165) is 23.1 Å². The van der Waals surface area contributed by atoms with Crippen molar-refractivity contribution >= 4 is 17.8 Å². The van der Waals surface area contributed by atoms with Crippen LogP contribution in [-0.4, -0.2) is 33.8 Å². The molecule has 2 aromatic rings. The van der Waals surface area contributed by atoms with E-state index in [4.69, 9.17) is 5.11 Å². The van der Waals surface area contributed by atoms with Gasteiger partial charge in [0, 0.05) is 25.4 Å². The fourth-order valence-electron chi connectivity index (χ4n) is 3.52. The zero-order valence-electron chi connectivity index (χ0n) is 16.7. The average Bonchev–Trinajstić information content (AvgIpc) is 2.75. The Morgan fingerprint density at radius 3 is 2.38 bits per heavy atom. The van der Waals surface area contributed by atoms with Gasteiger partial charge < -0.3 is 15.3 Å². The van der Waals surface area contributed by atoms with Gasteiger partial charge in [0.15, 0.2) is 0 Å². The van der Waals surface area contributed by atoms with E-state index in [1.807, 2.05) is 38.1 Å². The van der Waals surface area contributed by atoms with Crippen molar-refractivity contribution < 1.29 is 19.5 Å². The molecule has 0 aromatic heterocycles. The predicted molar refractivity (Wildman–Crippen MR) is 109 cm³/mol. The van der Waals surface area contributed by atoms with Crippen LogP contribution in [0.5, 0.6) is 0 Å². The van der Waals surface area contributed by atoms with Crippen LogP contribution in [0.2, 0.25) is 0 Å². The van der Waals surface area contributed by atoms with E-state index >= 15 is 0 Å². The molecule has 2 amide bonds. The normalized spacial score (nSPS) is 16.6. The number of benzene rings is 2. The Morgan fingerprint density at radius 1 is 1.10 bits per heavy atom. The summed E-state index contributed by atoms with van der Waals surface area (Å²) in [5.74, 6) is -1.33. The van der Waals surface area contributed by atoms with E-state index in [1.54, 1.807) is 17.0 Å². The largest absolute Gasteiger partial charge is 0.478 e. The number of carboxylic acids is 1. The molecule has 2 aromatic carbocycles. The highest BCUT2D eigenvalue weighted by Crippen LogP contribution is 2.25. The standard InChI is InChI=1S/C23H26N2O4/c1-3-15(2)22(27)25-14-19-7-5-4-6-18(19)12-20(25)21(26)24-13-16-8-10-17(11-9-16)23(28)29/h4-11,15,20H,3,12-14H2,1-2H3,(H,24,26)(H,28,29). The quantitative estimate of drug-likeness (QED) is 0.789. The molecule has 0 saturated carbocycles. The van der Waals surface area contributed by atoms with Crippen molar-refractivity contribution in [2.24, 2.45) is 5.92 Å². The molecular weight excluding hydrogens is 368 g/mol. The zero-order valence-corrected chi connectivity index (χ0v) is 16.7. The van der Waals surface area contributed by atoms with Gasteiger partial charge in [-0.3, -0.25) is 9.59 Å². The first-order valence-electron chi connectivity index (χ1n) is 9.88. The van der Waals surface area contributed by atoms with Crippen LogP contribution in [-0.2, 0) is 29.1 Å². The van der Waals surface area contributed by atoms with Gasteiger partial charge in [-0.25, -0.2) is 4.79 Å². The minimum atomic E-state index is -0.986. The van der Waals surface area contributed by atoms with E-state index in [1.165, 1.54) is 12.1 Å². The SMILES string of the molecule is CCC(C)C(=O)N1Cc2ccccc2CC1C(=O)NCc1ccc(C(=O)O)cc1. The number of aromatic carboxylic acids is 1. The molecule has 0 aliphatic carbocycles. The lowest BCUT2D eigenvalue weighted by Crippen LogP contribution is -2.53. The number of carbonyl (C=O) groups is 3. The van der Waals surface area contributed by atoms with Gasteiger partial charge in [0.25, 0.3) is 0 Å². The third-order valence-corrected chi connectivity index (χ3v) is 5.54. The van der Waals surface area contributed by atoms with Crippen molar-refractivity contribution in [2.75, 3.05) is 0 Å².